The molecule has 0 fully saturated rings. The van der Waals surface area contributed by atoms with Gasteiger partial charge in [-0.2, -0.15) is 5.10 Å². The fourth-order valence-corrected chi connectivity index (χ4v) is 3.08. The van der Waals surface area contributed by atoms with Crippen molar-refractivity contribution < 1.29 is 18.7 Å². The number of para-hydroxylation sites is 1. The van der Waals surface area contributed by atoms with Gasteiger partial charge < -0.3 is 14.5 Å². The average Bonchev–Trinajstić information content (AvgIpc) is 3.49. The third kappa shape index (κ3) is 4.72. The van der Waals surface area contributed by atoms with E-state index in [0.29, 0.717) is 0 Å². The lowest BCUT2D eigenvalue weighted by Crippen LogP contribution is -2.39. The molecule has 0 saturated carbocycles. The van der Waals surface area contributed by atoms with Gasteiger partial charge in [-0.15, -0.1) is 0 Å². The normalized spacial score (nSPS) is 11.6. The summed E-state index contributed by atoms with van der Waals surface area (Å²) in [6.45, 7) is 1.59. The Labute approximate surface area is 179 Å². The minimum absolute atomic E-state index is 0.0247. The number of rotatable bonds is 7. The molecule has 0 aliphatic carbocycles. The Morgan fingerprint density at radius 3 is 2.42 bits per heavy atom. The van der Waals surface area contributed by atoms with E-state index < -0.39 is 17.9 Å². The van der Waals surface area contributed by atoms with E-state index in [2.05, 4.69) is 5.32 Å². The van der Waals surface area contributed by atoms with Gasteiger partial charge in [0.05, 0.1) is 17.6 Å². The van der Waals surface area contributed by atoms with Crippen LogP contribution >= 0.6 is 0 Å². The first kappa shape index (κ1) is 20.2. The maximum atomic E-state index is 12.5. The van der Waals surface area contributed by atoms with Crippen LogP contribution < -0.4 is 5.32 Å². The van der Waals surface area contributed by atoms with Crippen LogP contribution in [0.5, 0.6) is 0 Å². The summed E-state index contributed by atoms with van der Waals surface area (Å²) in [5.41, 5.74) is 3.30. The van der Waals surface area contributed by atoms with Gasteiger partial charge in [0.15, 0.2) is 5.76 Å². The van der Waals surface area contributed by atoms with Gasteiger partial charge in [0.1, 0.15) is 12.6 Å². The van der Waals surface area contributed by atoms with Crippen LogP contribution in [0, 0.1) is 0 Å². The predicted octanol–water partition coefficient (Wildman–Crippen LogP) is 3.99. The van der Waals surface area contributed by atoms with Crippen molar-refractivity contribution in [1.82, 2.24) is 15.1 Å². The number of esters is 1. The highest BCUT2D eigenvalue weighted by Crippen LogP contribution is 2.24. The Bertz CT molecular complexity index is 1150. The fraction of sp³-hybridized carbons (Fsp3) is 0.125. The monoisotopic (exact) mass is 415 g/mol. The second-order valence-corrected chi connectivity index (χ2v) is 6.93. The van der Waals surface area contributed by atoms with E-state index in [4.69, 9.17) is 14.3 Å². The van der Waals surface area contributed by atoms with E-state index in [0.717, 1.165) is 22.5 Å². The summed E-state index contributed by atoms with van der Waals surface area (Å²) >= 11 is 0. The molecule has 1 atom stereocenters. The third-order valence-electron chi connectivity index (χ3n) is 4.67. The van der Waals surface area contributed by atoms with Gasteiger partial charge in [0, 0.05) is 17.3 Å². The summed E-state index contributed by atoms with van der Waals surface area (Å²) < 4.78 is 12.3. The summed E-state index contributed by atoms with van der Waals surface area (Å²) in [6.07, 6.45) is 3.24. The number of furan rings is 1. The zero-order valence-corrected chi connectivity index (χ0v) is 16.9. The summed E-state index contributed by atoms with van der Waals surface area (Å²) in [5, 5.41) is 7.27. The van der Waals surface area contributed by atoms with Gasteiger partial charge in [-0.1, -0.05) is 48.5 Å². The first-order chi connectivity index (χ1) is 15.1. The smallest absolute Gasteiger partial charge is 0.328 e. The maximum absolute atomic E-state index is 12.5. The average molecular weight is 415 g/mol. The number of amides is 1. The van der Waals surface area contributed by atoms with Gasteiger partial charge in [0.2, 0.25) is 0 Å². The van der Waals surface area contributed by atoms with Gasteiger partial charge in [-0.25, -0.2) is 9.48 Å². The standard InChI is InChI=1S/C24H21N3O4/c1-17(25-23(28)21-13-8-14-30-21)24(29)31-16-19-15-27(20-11-6-3-7-12-20)26-22(19)18-9-4-2-5-10-18/h2-15,17H,16H2,1H3,(H,25,28)/t17-/m0/s1. The summed E-state index contributed by atoms with van der Waals surface area (Å²) in [7, 11) is 0. The molecule has 1 N–H and O–H groups in total. The number of carbonyl (C=O) groups excluding carboxylic acids is 2. The molecule has 2 aromatic heterocycles. The Hall–Kier alpha value is -4.13. The molecular formula is C24H21N3O4. The van der Waals surface area contributed by atoms with Crippen molar-refractivity contribution >= 4 is 11.9 Å². The molecule has 156 valence electrons. The molecule has 0 bridgehead atoms. The van der Waals surface area contributed by atoms with Gasteiger partial charge in [-0.05, 0) is 31.2 Å². The molecule has 0 radical (unpaired) electrons. The van der Waals surface area contributed by atoms with Crippen molar-refractivity contribution in [2.24, 2.45) is 0 Å². The molecule has 0 spiro atoms. The largest absolute Gasteiger partial charge is 0.459 e. The highest BCUT2D eigenvalue weighted by atomic mass is 16.5. The Morgan fingerprint density at radius 2 is 1.74 bits per heavy atom. The van der Waals surface area contributed by atoms with Crippen LogP contribution in [0.2, 0.25) is 0 Å². The molecule has 1 amide bonds. The number of aromatic nitrogens is 2. The van der Waals surface area contributed by atoms with Crippen molar-refractivity contribution in [2.45, 2.75) is 19.6 Å². The topological polar surface area (TPSA) is 86.4 Å². The molecule has 7 heteroatoms. The summed E-state index contributed by atoms with van der Waals surface area (Å²) in [4.78, 5) is 24.5. The second-order valence-electron chi connectivity index (χ2n) is 6.93. The van der Waals surface area contributed by atoms with Crippen molar-refractivity contribution in [2.75, 3.05) is 0 Å². The molecule has 0 aliphatic rings. The number of hydrogen-bond acceptors (Lipinski definition) is 5. The van der Waals surface area contributed by atoms with Crippen LogP contribution in [0.25, 0.3) is 16.9 Å². The Morgan fingerprint density at radius 1 is 1.03 bits per heavy atom. The molecule has 0 saturated heterocycles. The van der Waals surface area contributed by atoms with Crippen LogP contribution in [0.3, 0.4) is 0 Å². The number of nitrogens with one attached hydrogen (secondary N) is 1. The van der Waals surface area contributed by atoms with E-state index in [1.54, 1.807) is 17.7 Å². The first-order valence-electron chi connectivity index (χ1n) is 9.82. The van der Waals surface area contributed by atoms with Crippen molar-refractivity contribution in [3.8, 4) is 16.9 Å². The lowest BCUT2D eigenvalue weighted by atomic mass is 10.1. The number of nitrogens with zero attached hydrogens (tertiary/aromatic N) is 2. The Kier molecular flexibility index (Phi) is 5.93. The number of ether oxygens (including phenoxy) is 1. The number of benzene rings is 2. The molecule has 4 rings (SSSR count). The van der Waals surface area contributed by atoms with Crippen LogP contribution in [0.1, 0.15) is 23.0 Å². The van der Waals surface area contributed by atoms with Gasteiger partial charge >= 0.3 is 5.97 Å². The van der Waals surface area contributed by atoms with Crippen molar-refractivity contribution in [3.05, 3.63) is 96.6 Å². The molecule has 0 aliphatic heterocycles. The lowest BCUT2D eigenvalue weighted by Gasteiger charge is -2.12. The van der Waals surface area contributed by atoms with Crippen LogP contribution in [-0.4, -0.2) is 27.7 Å². The third-order valence-corrected chi connectivity index (χ3v) is 4.67. The fourth-order valence-electron chi connectivity index (χ4n) is 3.08. The van der Waals surface area contributed by atoms with Crippen LogP contribution in [0.15, 0.2) is 89.7 Å². The molecule has 2 aromatic carbocycles. The molecule has 4 aromatic rings. The van der Waals surface area contributed by atoms with Gasteiger partial charge in [0.25, 0.3) is 5.91 Å². The second kappa shape index (κ2) is 9.13. The van der Waals surface area contributed by atoms with Crippen LogP contribution in [0.4, 0.5) is 0 Å². The maximum Gasteiger partial charge on any atom is 0.328 e. The minimum Gasteiger partial charge on any atom is -0.459 e. The number of carbonyl (C=O) groups is 2. The minimum atomic E-state index is -0.832. The lowest BCUT2D eigenvalue weighted by molar-refractivity contribution is -0.146. The van der Waals surface area contributed by atoms with Crippen molar-refractivity contribution in [1.29, 1.82) is 0 Å². The highest BCUT2D eigenvalue weighted by molar-refractivity contribution is 5.94. The zero-order chi connectivity index (χ0) is 21.6. The molecule has 7 nitrogen and oxygen atoms in total. The molecule has 2 heterocycles. The van der Waals surface area contributed by atoms with Gasteiger partial charge in [-0.3, -0.25) is 4.79 Å². The highest BCUT2D eigenvalue weighted by Gasteiger charge is 2.21. The van der Waals surface area contributed by atoms with E-state index in [9.17, 15) is 9.59 Å². The SMILES string of the molecule is C[C@H](NC(=O)c1ccco1)C(=O)OCc1cn(-c2ccccc2)nc1-c1ccccc1. The van der Waals surface area contributed by atoms with E-state index in [-0.39, 0.29) is 12.4 Å². The summed E-state index contributed by atoms with van der Waals surface area (Å²) in [6, 6.07) is 21.7. The van der Waals surface area contributed by atoms with Crippen molar-refractivity contribution in [3.63, 3.8) is 0 Å². The van der Waals surface area contributed by atoms with E-state index >= 15 is 0 Å². The molecular weight excluding hydrogens is 394 g/mol. The van der Waals surface area contributed by atoms with E-state index in [1.807, 2.05) is 66.9 Å². The number of hydrogen-bond donors (Lipinski definition) is 1. The first-order valence-corrected chi connectivity index (χ1v) is 9.82. The van der Waals surface area contributed by atoms with E-state index in [1.165, 1.54) is 12.3 Å². The molecule has 31 heavy (non-hydrogen) atoms. The Balaban J connectivity index is 1.50. The summed E-state index contributed by atoms with van der Waals surface area (Å²) in [5.74, 6) is -0.891. The zero-order valence-electron chi connectivity index (χ0n) is 16.9. The molecule has 0 unspecified atom stereocenters. The quantitative estimate of drug-likeness (QED) is 0.461. The van der Waals surface area contributed by atoms with Crippen LogP contribution in [-0.2, 0) is 16.1 Å². The predicted molar refractivity (Wildman–Crippen MR) is 114 cm³/mol.